The zero-order chi connectivity index (χ0) is 17.6. The molecule has 2 aromatic heterocycles. The number of oxazole rings is 1. The lowest BCUT2D eigenvalue weighted by molar-refractivity contribution is -0.144. The van der Waals surface area contributed by atoms with Gasteiger partial charge in [0.25, 0.3) is 5.91 Å². The Morgan fingerprint density at radius 3 is 2.88 bits per heavy atom. The highest BCUT2D eigenvalue weighted by atomic mass is 16.5. The quantitative estimate of drug-likeness (QED) is 0.548. The predicted molar refractivity (Wildman–Crippen MR) is 89.3 cm³/mol. The number of nitrogens with one attached hydrogen (secondary N) is 1. The molecule has 0 fully saturated rings. The number of fused-ring (bicyclic) bond motifs is 1. The van der Waals surface area contributed by atoms with Crippen molar-refractivity contribution in [2.75, 3.05) is 6.61 Å². The Balaban J connectivity index is 1.48. The molecule has 7 heteroatoms. The summed E-state index contributed by atoms with van der Waals surface area (Å²) in [4.78, 5) is 27.6. The molecular weight excluding hydrogens is 324 g/mol. The van der Waals surface area contributed by atoms with E-state index in [0.29, 0.717) is 16.9 Å². The van der Waals surface area contributed by atoms with Crippen molar-refractivity contribution in [2.24, 2.45) is 0 Å². The summed E-state index contributed by atoms with van der Waals surface area (Å²) in [5.41, 5.74) is 1.32. The van der Waals surface area contributed by atoms with Gasteiger partial charge < -0.3 is 18.9 Å². The third-order valence-corrected chi connectivity index (χ3v) is 3.37. The Morgan fingerprint density at radius 2 is 2.12 bits per heavy atom. The van der Waals surface area contributed by atoms with E-state index in [2.05, 4.69) is 10.3 Å². The van der Waals surface area contributed by atoms with Gasteiger partial charge in [0.1, 0.15) is 11.3 Å². The molecule has 2 heterocycles. The second-order valence-corrected chi connectivity index (χ2v) is 5.27. The molecule has 0 unspecified atom stereocenters. The Bertz CT molecular complexity index is 862. The standard InChI is InChI=1S/C18H16N2O5/c1-12(14-7-4-10-23-14)19-16(21)11-24-18(22)9-8-17-20-13-5-2-3-6-15(13)25-17/h2-10,12H,11H2,1H3,(H,19,21)/b9-8+/t12-/m0/s1. The van der Waals surface area contributed by atoms with Gasteiger partial charge in [-0.3, -0.25) is 4.79 Å². The number of rotatable bonds is 6. The van der Waals surface area contributed by atoms with Gasteiger partial charge in [-0.05, 0) is 31.2 Å². The molecule has 0 aliphatic heterocycles. The number of aromatic nitrogens is 1. The minimum absolute atomic E-state index is 0.286. The van der Waals surface area contributed by atoms with Crippen LogP contribution in [0, 0.1) is 0 Å². The van der Waals surface area contributed by atoms with E-state index < -0.39 is 11.9 Å². The van der Waals surface area contributed by atoms with Crippen molar-refractivity contribution in [3.63, 3.8) is 0 Å². The van der Waals surface area contributed by atoms with Crippen LogP contribution in [0.2, 0.25) is 0 Å². The third-order valence-electron chi connectivity index (χ3n) is 3.37. The van der Waals surface area contributed by atoms with E-state index in [-0.39, 0.29) is 18.5 Å². The molecule has 25 heavy (non-hydrogen) atoms. The highest BCUT2D eigenvalue weighted by molar-refractivity contribution is 5.89. The molecule has 3 aromatic rings. The van der Waals surface area contributed by atoms with Crippen molar-refractivity contribution >= 4 is 29.1 Å². The number of amides is 1. The fourth-order valence-electron chi connectivity index (χ4n) is 2.18. The molecule has 0 saturated heterocycles. The van der Waals surface area contributed by atoms with Gasteiger partial charge in [0.05, 0.1) is 12.3 Å². The van der Waals surface area contributed by atoms with E-state index in [0.717, 1.165) is 6.08 Å². The highest BCUT2D eigenvalue weighted by Crippen LogP contribution is 2.15. The number of ether oxygens (including phenoxy) is 1. The molecular formula is C18H16N2O5. The molecule has 3 rings (SSSR count). The van der Waals surface area contributed by atoms with E-state index in [9.17, 15) is 9.59 Å². The molecule has 7 nitrogen and oxygen atoms in total. The molecule has 128 valence electrons. The lowest BCUT2D eigenvalue weighted by Crippen LogP contribution is -2.30. The fourth-order valence-corrected chi connectivity index (χ4v) is 2.18. The van der Waals surface area contributed by atoms with Crippen LogP contribution in [-0.4, -0.2) is 23.5 Å². The number of carbonyl (C=O) groups is 2. The van der Waals surface area contributed by atoms with Crippen molar-refractivity contribution in [1.29, 1.82) is 0 Å². The summed E-state index contributed by atoms with van der Waals surface area (Å²) >= 11 is 0. The normalized spacial score (nSPS) is 12.4. The fraction of sp³-hybridized carbons (Fsp3) is 0.167. The first-order valence-electron chi connectivity index (χ1n) is 7.65. The summed E-state index contributed by atoms with van der Waals surface area (Å²) in [5, 5.41) is 2.66. The van der Waals surface area contributed by atoms with Gasteiger partial charge in [-0.15, -0.1) is 0 Å². The Hall–Kier alpha value is -3.35. The molecule has 0 spiro atoms. The number of para-hydroxylation sites is 2. The summed E-state index contributed by atoms with van der Waals surface area (Å²) in [6.45, 7) is 1.38. The third kappa shape index (κ3) is 4.35. The molecule has 0 radical (unpaired) electrons. The monoisotopic (exact) mass is 340 g/mol. The smallest absolute Gasteiger partial charge is 0.331 e. The van der Waals surface area contributed by atoms with Crippen LogP contribution in [0.4, 0.5) is 0 Å². The zero-order valence-corrected chi connectivity index (χ0v) is 13.5. The molecule has 0 aliphatic carbocycles. The molecule has 1 N–H and O–H groups in total. The van der Waals surface area contributed by atoms with Gasteiger partial charge in [0.2, 0.25) is 5.89 Å². The SMILES string of the molecule is C[C@H](NC(=O)COC(=O)/C=C/c1nc2ccccc2o1)c1ccco1. The van der Waals surface area contributed by atoms with Crippen molar-refractivity contribution in [1.82, 2.24) is 10.3 Å². The molecule has 1 atom stereocenters. The first-order valence-corrected chi connectivity index (χ1v) is 7.65. The van der Waals surface area contributed by atoms with Gasteiger partial charge in [-0.25, -0.2) is 9.78 Å². The van der Waals surface area contributed by atoms with Crippen LogP contribution < -0.4 is 5.32 Å². The van der Waals surface area contributed by atoms with Gasteiger partial charge in [0, 0.05) is 12.2 Å². The molecule has 0 saturated carbocycles. The number of benzene rings is 1. The van der Waals surface area contributed by atoms with Crippen LogP contribution in [0.3, 0.4) is 0 Å². The number of hydrogen-bond donors (Lipinski definition) is 1. The maximum Gasteiger partial charge on any atom is 0.331 e. The maximum absolute atomic E-state index is 11.8. The van der Waals surface area contributed by atoms with Crippen LogP contribution in [0.25, 0.3) is 17.2 Å². The number of esters is 1. The summed E-state index contributed by atoms with van der Waals surface area (Å²) in [6.07, 6.45) is 4.08. The van der Waals surface area contributed by atoms with Crippen LogP contribution in [-0.2, 0) is 14.3 Å². The van der Waals surface area contributed by atoms with E-state index in [1.54, 1.807) is 31.2 Å². The van der Waals surface area contributed by atoms with Gasteiger partial charge in [-0.2, -0.15) is 0 Å². The summed E-state index contributed by atoms with van der Waals surface area (Å²) < 4.78 is 15.5. The number of hydrogen-bond acceptors (Lipinski definition) is 6. The topological polar surface area (TPSA) is 94.6 Å². The van der Waals surface area contributed by atoms with Crippen molar-refractivity contribution < 1.29 is 23.2 Å². The number of furan rings is 1. The largest absolute Gasteiger partial charge is 0.467 e. The number of nitrogens with zero attached hydrogens (tertiary/aromatic N) is 1. The van der Waals surface area contributed by atoms with Gasteiger partial charge in [-0.1, -0.05) is 12.1 Å². The van der Waals surface area contributed by atoms with E-state index in [1.807, 2.05) is 12.1 Å². The Labute approximate surface area is 143 Å². The zero-order valence-electron chi connectivity index (χ0n) is 13.5. The Kier molecular flexibility index (Phi) is 4.94. The molecule has 0 bridgehead atoms. The summed E-state index contributed by atoms with van der Waals surface area (Å²) in [6, 6.07) is 10.4. The van der Waals surface area contributed by atoms with Crippen LogP contribution >= 0.6 is 0 Å². The second kappa shape index (κ2) is 7.48. The maximum atomic E-state index is 11.8. The lowest BCUT2D eigenvalue weighted by Gasteiger charge is -2.10. The summed E-state index contributed by atoms with van der Waals surface area (Å²) in [5.74, 6) is -0.180. The average molecular weight is 340 g/mol. The average Bonchev–Trinajstić information content (AvgIpc) is 3.27. The predicted octanol–water partition coefficient (Wildman–Crippen LogP) is 2.85. The van der Waals surface area contributed by atoms with Crippen molar-refractivity contribution in [2.45, 2.75) is 13.0 Å². The van der Waals surface area contributed by atoms with Crippen molar-refractivity contribution in [3.05, 3.63) is 60.4 Å². The van der Waals surface area contributed by atoms with Crippen molar-refractivity contribution in [3.8, 4) is 0 Å². The van der Waals surface area contributed by atoms with E-state index in [1.165, 1.54) is 12.3 Å². The van der Waals surface area contributed by atoms with Crippen LogP contribution in [0.1, 0.15) is 24.6 Å². The second-order valence-electron chi connectivity index (χ2n) is 5.27. The highest BCUT2D eigenvalue weighted by Gasteiger charge is 2.13. The van der Waals surface area contributed by atoms with Gasteiger partial charge >= 0.3 is 5.97 Å². The van der Waals surface area contributed by atoms with Gasteiger partial charge in [0.15, 0.2) is 12.2 Å². The first kappa shape index (κ1) is 16.5. The van der Waals surface area contributed by atoms with Crippen LogP contribution in [0.15, 0.2) is 57.6 Å². The summed E-state index contributed by atoms with van der Waals surface area (Å²) in [7, 11) is 0. The minimum atomic E-state index is -0.664. The number of carbonyl (C=O) groups excluding carboxylic acids is 2. The Morgan fingerprint density at radius 1 is 1.28 bits per heavy atom. The molecule has 0 aliphatic rings. The van der Waals surface area contributed by atoms with E-state index in [4.69, 9.17) is 13.6 Å². The van der Waals surface area contributed by atoms with Crippen LogP contribution in [0.5, 0.6) is 0 Å². The molecule has 1 aromatic carbocycles. The first-order chi connectivity index (χ1) is 12.1. The lowest BCUT2D eigenvalue weighted by atomic mass is 10.2. The van der Waals surface area contributed by atoms with E-state index >= 15 is 0 Å². The minimum Gasteiger partial charge on any atom is -0.467 e. The molecule has 1 amide bonds.